The highest BCUT2D eigenvalue weighted by molar-refractivity contribution is 5.94. The number of benzene rings is 1. The monoisotopic (exact) mass is 296 g/mol. The first-order chi connectivity index (χ1) is 9.84. The molecule has 0 aliphatic rings. The molecule has 3 N–H and O–H groups in total. The summed E-state index contributed by atoms with van der Waals surface area (Å²) in [6.45, 7) is 4.07. The molecule has 7 heteroatoms. The van der Waals surface area contributed by atoms with Crippen molar-refractivity contribution in [3.8, 4) is 0 Å². The van der Waals surface area contributed by atoms with E-state index >= 15 is 0 Å². The van der Waals surface area contributed by atoms with E-state index in [1.165, 1.54) is 12.1 Å². The molecule has 1 aromatic rings. The molecule has 7 nitrogen and oxygen atoms in total. The summed E-state index contributed by atoms with van der Waals surface area (Å²) < 4.78 is 0. The van der Waals surface area contributed by atoms with Crippen LogP contribution in [0.2, 0.25) is 0 Å². The van der Waals surface area contributed by atoms with Crippen LogP contribution in [0.1, 0.15) is 42.6 Å². The number of aliphatic hydroxyl groups is 1. The molecule has 1 atom stereocenters. The van der Waals surface area contributed by atoms with Gasteiger partial charge in [0.1, 0.15) is 5.56 Å². The number of carbonyl (C=O) groups is 1. The summed E-state index contributed by atoms with van der Waals surface area (Å²) in [5.74, 6) is -1.32. The number of aromatic carboxylic acids is 1. The highest BCUT2D eigenvalue weighted by Crippen LogP contribution is 2.23. The zero-order chi connectivity index (χ0) is 16.0. The molecule has 0 aliphatic heterocycles. The van der Waals surface area contributed by atoms with E-state index in [0.29, 0.717) is 12.0 Å². The van der Waals surface area contributed by atoms with Crippen molar-refractivity contribution in [3.05, 3.63) is 39.4 Å². The Morgan fingerprint density at radius 1 is 1.48 bits per heavy atom. The number of nitrogens with one attached hydrogen (secondary N) is 1. The number of carboxylic acid groups (broad SMARTS) is 1. The van der Waals surface area contributed by atoms with Crippen molar-refractivity contribution in [1.29, 1.82) is 0 Å². The molecule has 0 aliphatic carbocycles. The predicted molar refractivity (Wildman–Crippen MR) is 77.3 cm³/mol. The minimum absolute atomic E-state index is 0.0120. The largest absolute Gasteiger partial charge is 0.477 e. The molecule has 0 radical (unpaired) electrons. The minimum atomic E-state index is -1.32. The van der Waals surface area contributed by atoms with Gasteiger partial charge in [0.15, 0.2) is 0 Å². The summed E-state index contributed by atoms with van der Waals surface area (Å²) in [4.78, 5) is 21.5. The van der Waals surface area contributed by atoms with Crippen molar-refractivity contribution in [2.45, 2.75) is 38.8 Å². The molecule has 0 heterocycles. The van der Waals surface area contributed by atoms with E-state index in [-0.39, 0.29) is 24.3 Å². The van der Waals surface area contributed by atoms with Crippen LogP contribution >= 0.6 is 0 Å². The van der Waals surface area contributed by atoms with Crippen LogP contribution in [0.5, 0.6) is 0 Å². The Bertz CT molecular complexity index is 532. The summed E-state index contributed by atoms with van der Waals surface area (Å²) in [6, 6.07) is 4.20. The van der Waals surface area contributed by atoms with E-state index in [4.69, 9.17) is 5.11 Å². The summed E-state index contributed by atoms with van der Waals surface area (Å²) in [7, 11) is 0. The number of nitrogens with zero attached hydrogens (tertiary/aromatic N) is 1. The van der Waals surface area contributed by atoms with Gasteiger partial charge in [0, 0.05) is 24.8 Å². The fourth-order valence-electron chi connectivity index (χ4n) is 2.08. The molecule has 0 amide bonds. The third kappa shape index (κ3) is 4.24. The molecule has 0 saturated heterocycles. The summed E-state index contributed by atoms with van der Waals surface area (Å²) in [5, 5.41) is 32.4. The molecule has 0 spiro atoms. The van der Waals surface area contributed by atoms with Crippen LogP contribution in [-0.4, -0.2) is 33.3 Å². The van der Waals surface area contributed by atoms with Crippen molar-refractivity contribution in [1.82, 2.24) is 5.32 Å². The van der Waals surface area contributed by atoms with E-state index in [0.717, 1.165) is 6.42 Å². The Hall–Kier alpha value is -1.99. The highest BCUT2D eigenvalue weighted by Gasteiger charge is 2.25. The van der Waals surface area contributed by atoms with Gasteiger partial charge in [-0.2, -0.15) is 0 Å². The lowest BCUT2D eigenvalue weighted by Crippen LogP contribution is -2.42. The molecule has 0 aromatic heterocycles. The molecule has 21 heavy (non-hydrogen) atoms. The summed E-state index contributed by atoms with van der Waals surface area (Å²) in [6.07, 6.45) is 1.26. The normalized spacial score (nSPS) is 13.7. The van der Waals surface area contributed by atoms with E-state index in [1.54, 1.807) is 6.07 Å². The SMILES string of the molecule is CCC(C)(CCO)NCc1cccc([N+](=O)[O-])c1C(=O)O. The first-order valence-electron chi connectivity index (χ1n) is 6.70. The first-order valence-corrected chi connectivity index (χ1v) is 6.70. The Kier molecular flexibility index (Phi) is 5.80. The van der Waals surface area contributed by atoms with E-state index in [2.05, 4.69) is 5.32 Å². The van der Waals surface area contributed by atoms with Gasteiger partial charge in [-0.15, -0.1) is 0 Å². The van der Waals surface area contributed by atoms with E-state index in [9.17, 15) is 20.0 Å². The van der Waals surface area contributed by atoms with Crippen LogP contribution in [0.25, 0.3) is 0 Å². The lowest BCUT2D eigenvalue weighted by Gasteiger charge is -2.29. The zero-order valence-corrected chi connectivity index (χ0v) is 12.1. The number of nitro benzene ring substituents is 1. The lowest BCUT2D eigenvalue weighted by atomic mass is 9.94. The zero-order valence-electron chi connectivity index (χ0n) is 12.1. The first kappa shape index (κ1) is 17.1. The van der Waals surface area contributed by atoms with Gasteiger partial charge in [-0.05, 0) is 25.3 Å². The van der Waals surface area contributed by atoms with Crippen molar-refractivity contribution in [2.24, 2.45) is 0 Å². The third-order valence-corrected chi connectivity index (χ3v) is 3.69. The van der Waals surface area contributed by atoms with Gasteiger partial charge in [0.25, 0.3) is 5.69 Å². The van der Waals surface area contributed by atoms with Crippen LogP contribution in [-0.2, 0) is 6.54 Å². The second kappa shape index (κ2) is 7.14. The number of carboxylic acids is 1. The highest BCUT2D eigenvalue weighted by atomic mass is 16.6. The van der Waals surface area contributed by atoms with Crippen molar-refractivity contribution in [2.75, 3.05) is 6.61 Å². The van der Waals surface area contributed by atoms with Gasteiger partial charge in [0.05, 0.1) is 4.92 Å². The number of hydrogen-bond acceptors (Lipinski definition) is 5. The quantitative estimate of drug-likeness (QED) is 0.499. The maximum Gasteiger partial charge on any atom is 0.343 e. The maximum atomic E-state index is 11.3. The van der Waals surface area contributed by atoms with Gasteiger partial charge < -0.3 is 15.5 Å². The van der Waals surface area contributed by atoms with Crippen LogP contribution in [0.15, 0.2) is 18.2 Å². The Morgan fingerprint density at radius 3 is 2.62 bits per heavy atom. The van der Waals surface area contributed by atoms with E-state index < -0.39 is 16.6 Å². The van der Waals surface area contributed by atoms with Crippen LogP contribution in [0, 0.1) is 10.1 Å². The molecule has 0 saturated carbocycles. The Labute approximate surface area is 122 Å². The lowest BCUT2D eigenvalue weighted by molar-refractivity contribution is -0.385. The average Bonchev–Trinajstić information content (AvgIpc) is 2.44. The summed E-state index contributed by atoms with van der Waals surface area (Å²) >= 11 is 0. The number of hydrogen-bond donors (Lipinski definition) is 3. The predicted octanol–water partition coefficient (Wildman–Crippen LogP) is 1.93. The second-order valence-corrected chi connectivity index (χ2v) is 5.11. The topological polar surface area (TPSA) is 113 Å². The number of aliphatic hydroxyl groups excluding tert-OH is 1. The van der Waals surface area contributed by atoms with E-state index in [1.807, 2.05) is 13.8 Å². The molecule has 1 unspecified atom stereocenters. The molecule has 0 bridgehead atoms. The van der Waals surface area contributed by atoms with Crippen molar-refractivity contribution >= 4 is 11.7 Å². The minimum Gasteiger partial charge on any atom is -0.477 e. The van der Waals surface area contributed by atoms with Crippen LogP contribution in [0.3, 0.4) is 0 Å². The van der Waals surface area contributed by atoms with Gasteiger partial charge in [-0.25, -0.2) is 4.79 Å². The molecule has 116 valence electrons. The van der Waals surface area contributed by atoms with Gasteiger partial charge >= 0.3 is 5.97 Å². The van der Waals surface area contributed by atoms with Crippen molar-refractivity contribution in [3.63, 3.8) is 0 Å². The van der Waals surface area contributed by atoms with Crippen LogP contribution in [0.4, 0.5) is 5.69 Å². The third-order valence-electron chi connectivity index (χ3n) is 3.69. The van der Waals surface area contributed by atoms with Crippen LogP contribution < -0.4 is 5.32 Å². The molecular weight excluding hydrogens is 276 g/mol. The smallest absolute Gasteiger partial charge is 0.343 e. The maximum absolute atomic E-state index is 11.3. The molecular formula is C14H20N2O5. The molecule has 1 rings (SSSR count). The standard InChI is InChI=1S/C14H20N2O5/c1-3-14(2,7-8-17)15-9-10-5-4-6-11(16(20)21)12(10)13(18)19/h4-6,15,17H,3,7-9H2,1-2H3,(H,18,19). The number of nitro groups is 1. The van der Waals surface area contributed by atoms with Gasteiger partial charge in [0.2, 0.25) is 0 Å². The fraction of sp³-hybridized carbons (Fsp3) is 0.500. The molecule has 0 fully saturated rings. The fourth-order valence-corrected chi connectivity index (χ4v) is 2.08. The molecule has 1 aromatic carbocycles. The summed E-state index contributed by atoms with van der Waals surface area (Å²) in [5.41, 5.74) is -0.705. The van der Waals surface area contributed by atoms with Crippen molar-refractivity contribution < 1.29 is 19.9 Å². The Balaban J connectivity index is 3.06. The van der Waals surface area contributed by atoms with Gasteiger partial charge in [-0.1, -0.05) is 19.1 Å². The Morgan fingerprint density at radius 2 is 2.14 bits per heavy atom. The average molecular weight is 296 g/mol. The van der Waals surface area contributed by atoms with Gasteiger partial charge in [-0.3, -0.25) is 10.1 Å². The second-order valence-electron chi connectivity index (χ2n) is 5.11. The number of rotatable bonds is 8.